The van der Waals surface area contributed by atoms with E-state index in [0.29, 0.717) is 0 Å². The Labute approximate surface area is 168 Å². The number of piperidine rings is 1. The van der Waals surface area contributed by atoms with Gasteiger partial charge < -0.3 is 14.7 Å². The fourth-order valence-electron chi connectivity index (χ4n) is 5.47. The van der Waals surface area contributed by atoms with Crippen LogP contribution in [0.25, 0.3) is 0 Å². The van der Waals surface area contributed by atoms with E-state index < -0.39 is 0 Å². The molecule has 2 aliphatic heterocycles. The van der Waals surface area contributed by atoms with Crippen molar-refractivity contribution in [2.24, 2.45) is 5.92 Å². The molecule has 4 rings (SSSR count). The molecule has 2 amide bonds. The van der Waals surface area contributed by atoms with Crippen molar-refractivity contribution in [1.82, 2.24) is 14.7 Å². The van der Waals surface area contributed by atoms with Crippen molar-refractivity contribution in [3.63, 3.8) is 0 Å². The van der Waals surface area contributed by atoms with Gasteiger partial charge in [0, 0.05) is 38.7 Å². The summed E-state index contributed by atoms with van der Waals surface area (Å²) < 4.78 is 0. The van der Waals surface area contributed by atoms with Gasteiger partial charge in [-0.15, -0.1) is 0 Å². The van der Waals surface area contributed by atoms with Gasteiger partial charge in [0.2, 0.25) is 5.91 Å². The van der Waals surface area contributed by atoms with E-state index in [1.165, 1.54) is 32.4 Å². The largest absolute Gasteiger partial charge is 0.344 e. The number of carbonyl (C=O) groups excluding carboxylic acids is 2. The van der Waals surface area contributed by atoms with Crippen LogP contribution in [0.4, 0.5) is 0 Å². The van der Waals surface area contributed by atoms with E-state index in [0.717, 1.165) is 49.9 Å². The van der Waals surface area contributed by atoms with E-state index in [9.17, 15) is 9.59 Å². The second kappa shape index (κ2) is 7.86. The third kappa shape index (κ3) is 3.34. The molecule has 1 aliphatic carbocycles. The quantitative estimate of drug-likeness (QED) is 0.802. The van der Waals surface area contributed by atoms with Gasteiger partial charge in [0.1, 0.15) is 0 Å². The fourth-order valence-corrected chi connectivity index (χ4v) is 5.47. The Morgan fingerprint density at radius 1 is 1.14 bits per heavy atom. The summed E-state index contributed by atoms with van der Waals surface area (Å²) in [5.74, 6) is 0.499. The van der Waals surface area contributed by atoms with Crippen molar-refractivity contribution >= 4 is 11.8 Å². The van der Waals surface area contributed by atoms with Gasteiger partial charge >= 0.3 is 0 Å². The summed E-state index contributed by atoms with van der Waals surface area (Å²) in [6.07, 6.45) is 7.39. The third-order valence-electron chi connectivity index (χ3n) is 7.34. The van der Waals surface area contributed by atoms with E-state index in [2.05, 4.69) is 11.0 Å². The van der Waals surface area contributed by atoms with E-state index in [1.807, 2.05) is 42.1 Å². The number of amides is 2. The maximum absolute atomic E-state index is 13.0. The highest BCUT2D eigenvalue weighted by molar-refractivity contribution is 5.99. The predicted octanol–water partition coefficient (Wildman–Crippen LogP) is 3.10. The van der Waals surface area contributed by atoms with Gasteiger partial charge in [-0.25, -0.2) is 0 Å². The Bertz CT molecular complexity index is 733. The van der Waals surface area contributed by atoms with Gasteiger partial charge in [0.15, 0.2) is 0 Å². The summed E-state index contributed by atoms with van der Waals surface area (Å²) in [6.45, 7) is 4.16. The van der Waals surface area contributed by atoms with E-state index in [1.54, 1.807) is 0 Å². The zero-order valence-electron chi connectivity index (χ0n) is 17.3. The molecule has 0 atom stereocenters. The van der Waals surface area contributed by atoms with Crippen LogP contribution in [0.3, 0.4) is 0 Å². The van der Waals surface area contributed by atoms with Crippen molar-refractivity contribution in [3.05, 3.63) is 35.4 Å². The highest BCUT2D eigenvalue weighted by Crippen LogP contribution is 2.49. The average Bonchev–Trinajstić information content (AvgIpc) is 2.95. The Hall–Kier alpha value is -1.88. The topological polar surface area (TPSA) is 43.9 Å². The lowest BCUT2D eigenvalue weighted by Crippen LogP contribution is -2.47. The number of carbonyl (C=O) groups is 2. The molecule has 0 aromatic heterocycles. The average molecular weight is 384 g/mol. The van der Waals surface area contributed by atoms with Crippen molar-refractivity contribution in [1.29, 1.82) is 0 Å². The summed E-state index contributed by atoms with van der Waals surface area (Å²) in [5.41, 5.74) is 1.79. The number of rotatable bonds is 4. The molecular formula is C23H33N3O2. The normalized spacial score (nSPS) is 27.9. The third-order valence-corrected chi connectivity index (χ3v) is 7.34. The van der Waals surface area contributed by atoms with Crippen molar-refractivity contribution in [3.8, 4) is 0 Å². The van der Waals surface area contributed by atoms with Crippen LogP contribution < -0.4 is 0 Å². The van der Waals surface area contributed by atoms with Gasteiger partial charge in [0.05, 0.1) is 5.54 Å². The maximum atomic E-state index is 13.0. The van der Waals surface area contributed by atoms with Crippen molar-refractivity contribution in [2.45, 2.75) is 50.5 Å². The first-order chi connectivity index (χ1) is 13.5. The minimum Gasteiger partial charge on any atom is -0.344 e. The number of hydrogen-bond acceptors (Lipinski definition) is 3. The first kappa shape index (κ1) is 19.4. The van der Waals surface area contributed by atoms with Crippen LogP contribution in [0.15, 0.2) is 24.3 Å². The summed E-state index contributed by atoms with van der Waals surface area (Å²) >= 11 is 0. The molecule has 0 radical (unpaired) electrons. The molecule has 1 saturated heterocycles. The van der Waals surface area contributed by atoms with E-state index >= 15 is 0 Å². The predicted molar refractivity (Wildman–Crippen MR) is 110 cm³/mol. The Balaban J connectivity index is 1.36. The molecule has 28 heavy (non-hydrogen) atoms. The summed E-state index contributed by atoms with van der Waals surface area (Å²) in [5, 5.41) is 0. The number of nitrogens with zero attached hydrogens (tertiary/aromatic N) is 3. The highest BCUT2D eigenvalue weighted by atomic mass is 16.2. The number of likely N-dealkylation sites (N-methyl/N-ethyl adjacent to an activating group) is 1. The Morgan fingerprint density at radius 3 is 2.54 bits per heavy atom. The lowest BCUT2D eigenvalue weighted by atomic mass is 9.72. The number of likely N-dealkylation sites (tertiary alicyclic amines) is 1. The van der Waals surface area contributed by atoms with Gasteiger partial charge in [-0.1, -0.05) is 24.6 Å². The maximum Gasteiger partial charge on any atom is 0.254 e. The molecule has 1 aromatic carbocycles. The van der Waals surface area contributed by atoms with Crippen LogP contribution >= 0.6 is 0 Å². The van der Waals surface area contributed by atoms with E-state index in [-0.39, 0.29) is 23.3 Å². The number of hydrogen-bond donors (Lipinski definition) is 0. The van der Waals surface area contributed by atoms with E-state index in [4.69, 9.17) is 0 Å². The van der Waals surface area contributed by atoms with Crippen LogP contribution in [0.5, 0.6) is 0 Å². The van der Waals surface area contributed by atoms with Gasteiger partial charge in [-0.2, -0.15) is 0 Å². The second-order valence-electron chi connectivity index (χ2n) is 8.88. The lowest BCUT2D eigenvalue weighted by Gasteiger charge is -2.43. The lowest BCUT2D eigenvalue weighted by molar-refractivity contribution is -0.136. The van der Waals surface area contributed by atoms with Crippen LogP contribution in [0, 0.1) is 5.92 Å². The summed E-state index contributed by atoms with van der Waals surface area (Å²) in [6, 6.07) is 8.01. The monoisotopic (exact) mass is 383 g/mol. The molecule has 1 spiro atoms. The van der Waals surface area contributed by atoms with Crippen LogP contribution in [0.1, 0.15) is 60.9 Å². The second-order valence-corrected chi connectivity index (χ2v) is 8.88. The first-order valence-electron chi connectivity index (χ1n) is 10.9. The molecule has 1 aromatic rings. The molecule has 152 valence electrons. The van der Waals surface area contributed by atoms with Crippen LogP contribution in [-0.2, 0) is 10.3 Å². The molecule has 5 heteroatoms. The zero-order chi connectivity index (χ0) is 19.7. The first-order valence-corrected chi connectivity index (χ1v) is 10.9. The van der Waals surface area contributed by atoms with Crippen molar-refractivity contribution < 1.29 is 9.59 Å². The fraction of sp³-hybridized carbons (Fsp3) is 0.652. The molecule has 1 saturated carbocycles. The zero-order valence-corrected chi connectivity index (χ0v) is 17.3. The summed E-state index contributed by atoms with van der Waals surface area (Å²) in [4.78, 5) is 32.0. The Morgan fingerprint density at radius 2 is 1.82 bits per heavy atom. The van der Waals surface area contributed by atoms with Crippen LogP contribution in [-0.4, -0.2) is 66.8 Å². The molecule has 0 bridgehead atoms. The number of benzene rings is 1. The van der Waals surface area contributed by atoms with Gasteiger partial charge in [-0.3, -0.25) is 9.59 Å². The molecule has 0 unspecified atom stereocenters. The SMILES string of the molecule is CN(CCN1CCCCC1)C(=O)[C@H]1CC[C@@]2(CC1)c1ccccc1C(=O)N2C. The summed E-state index contributed by atoms with van der Waals surface area (Å²) in [7, 11) is 3.88. The molecular weight excluding hydrogens is 350 g/mol. The minimum absolute atomic E-state index is 0.0910. The smallest absolute Gasteiger partial charge is 0.254 e. The standard InChI is InChI=1S/C23H33N3O2/c1-24(16-17-26-14-6-3-7-15-26)21(27)18-10-12-23(13-11-18)20-9-5-4-8-19(20)22(28)25(23)2/h4-5,8-9,18H,3,6-7,10-17H2,1-2H3/t18-,23+. The van der Waals surface area contributed by atoms with Crippen molar-refractivity contribution in [2.75, 3.05) is 40.3 Å². The molecule has 0 N–H and O–H groups in total. The molecule has 3 aliphatic rings. The van der Waals surface area contributed by atoms with Crippen LogP contribution in [0.2, 0.25) is 0 Å². The minimum atomic E-state index is -0.211. The highest BCUT2D eigenvalue weighted by Gasteiger charge is 2.49. The van der Waals surface area contributed by atoms with Gasteiger partial charge in [-0.05, 0) is 63.2 Å². The Kier molecular flexibility index (Phi) is 5.46. The van der Waals surface area contributed by atoms with Gasteiger partial charge in [0.25, 0.3) is 5.91 Å². The molecule has 2 heterocycles. The molecule has 5 nitrogen and oxygen atoms in total. The number of fused-ring (bicyclic) bond motifs is 2. The molecule has 2 fully saturated rings.